The second-order valence-electron chi connectivity index (χ2n) is 6.61. The molecule has 1 aliphatic rings. The average molecular weight is 372 g/mol. The summed E-state index contributed by atoms with van der Waals surface area (Å²) in [6.45, 7) is 1.73. The molecule has 3 rings (SSSR count). The maximum absolute atomic E-state index is 12.4. The quantitative estimate of drug-likeness (QED) is 0.766. The first-order chi connectivity index (χ1) is 12.5. The van der Waals surface area contributed by atoms with E-state index in [1.54, 1.807) is 55.5 Å². The van der Waals surface area contributed by atoms with Crippen LogP contribution in [0.5, 0.6) is 5.75 Å². The summed E-state index contributed by atoms with van der Waals surface area (Å²) in [6, 6.07) is 13.9. The van der Waals surface area contributed by atoms with Gasteiger partial charge in [0, 0.05) is 22.2 Å². The molecule has 0 aliphatic heterocycles. The van der Waals surface area contributed by atoms with Crippen LogP contribution in [0.1, 0.15) is 48.5 Å². The molecule has 1 fully saturated rings. The molecule has 0 spiro atoms. The minimum absolute atomic E-state index is 0.0831. The Morgan fingerprint density at radius 1 is 1.00 bits per heavy atom. The van der Waals surface area contributed by atoms with Crippen molar-refractivity contribution in [1.82, 2.24) is 5.32 Å². The Hall–Kier alpha value is -2.33. The van der Waals surface area contributed by atoms with E-state index in [4.69, 9.17) is 16.3 Å². The highest BCUT2D eigenvalue weighted by molar-refractivity contribution is 6.30. The van der Waals surface area contributed by atoms with Crippen LogP contribution in [0.25, 0.3) is 0 Å². The largest absolute Gasteiger partial charge is 0.481 e. The van der Waals surface area contributed by atoms with Gasteiger partial charge in [-0.3, -0.25) is 9.59 Å². The van der Waals surface area contributed by atoms with Gasteiger partial charge in [0.25, 0.3) is 5.91 Å². The van der Waals surface area contributed by atoms with Crippen molar-refractivity contribution in [3.63, 3.8) is 0 Å². The monoisotopic (exact) mass is 371 g/mol. The van der Waals surface area contributed by atoms with Crippen LogP contribution in [0.15, 0.2) is 48.5 Å². The smallest absolute Gasteiger partial charge is 0.260 e. The summed E-state index contributed by atoms with van der Waals surface area (Å²) in [5, 5.41) is 3.62. The Morgan fingerprint density at radius 2 is 1.54 bits per heavy atom. The van der Waals surface area contributed by atoms with Gasteiger partial charge in [0.05, 0.1) is 0 Å². The Morgan fingerprint density at radius 3 is 2.12 bits per heavy atom. The molecular formula is C21H22ClNO3. The van der Waals surface area contributed by atoms with E-state index < -0.39 is 6.10 Å². The first-order valence-corrected chi connectivity index (χ1v) is 9.28. The number of nitrogens with one attached hydrogen (secondary N) is 1. The molecule has 0 radical (unpaired) electrons. The molecule has 0 aromatic heterocycles. The van der Waals surface area contributed by atoms with Gasteiger partial charge in [-0.1, -0.05) is 24.4 Å². The SMILES string of the molecule is C[C@@H](Oc1ccc(C(=O)c2ccc(Cl)cc2)cc1)C(=O)NC1CCCC1. The van der Waals surface area contributed by atoms with E-state index in [0.29, 0.717) is 21.9 Å². The number of rotatable bonds is 6. The van der Waals surface area contributed by atoms with Gasteiger partial charge in [0.15, 0.2) is 11.9 Å². The van der Waals surface area contributed by atoms with Gasteiger partial charge in [0.2, 0.25) is 0 Å². The fourth-order valence-electron chi connectivity index (χ4n) is 3.10. The standard InChI is InChI=1S/C21H22ClNO3/c1-14(21(25)23-18-4-2-3-5-18)26-19-12-8-16(9-13-19)20(24)15-6-10-17(22)11-7-15/h6-14,18H,2-5H2,1H3,(H,23,25)/t14-/m1/s1. The van der Waals surface area contributed by atoms with E-state index in [1.807, 2.05) is 0 Å². The van der Waals surface area contributed by atoms with Crippen LogP contribution in [-0.2, 0) is 4.79 Å². The van der Waals surface area contributed by atoms with Crippen molar-refractivity contribution in [3.8, 4) is 5.75 Å². The highest BCUT2D eigenvalue weighted by Crippen LogP contribution is 2.20. The number of ether oxygens (including phenoxy) is 1. The average Bonchev–Trinajstić information content (AvgIpc) is 3.15. The fraction of sp³-hybridized carbons (Fsp3) is 0.333. The van der Waals surface area contributed by atoms with Gasteiger partial charge >= 0.3 is 0 Å². The van der Waals surface area contributed by atoms with E-state index in [1.165, 1.54) is 12.8 Å². The summed E-state index contributed by atoms with van der Waals surface area (Å²) in [4.78, 5) is 24.6. The molecule has 0 bridgehead atoms. The number of benzene rings is 2. The van der Waals surface area contributed by atoms with Crippen LogP contribution >= 0.6 is 11.6 Å². The van der Waals surface area contributed by atoms with Gasteiger partial charge in [-0.15, -0.1) is 0 Å². The molecule has 1 atom stereocenters. The van der Waals surface area contributed by atoms with Gasteiger partial charge in [-0.05, 0) is 68.3 Å². The van der Waals surface area contributed by atoms with E-state index >= 15 is 0 Å². The van der Waals surface area contributed by atoms with E-state index in [0.717, 1.165) is 12.8 Å². The first kappa shape index (κ1) is 18.5. The van der Waals surface area contributed by atoms with Crippen molar-refractivity contribution >= 4 is 23.3 Å². The van der Waals surface area contributed by atoms with E-state index in [2.05, 4.69) is 5.32 Å². The van der Waals surface area contributed by atoms with Crippen LogP contribution in [-0.4, -0.2) is 23.8 Å². The minimum atomic E-state index is -0.576. The maximum atomic E-state index is 12.4. The Bertz CT molecular complexity index is 765. The lowest BCUT2D eigenvalue weighted by molar-refractivity contribution is -0.127. The summed E-state index contributed by atoms with van der Waals surface area (Å²) >= 11 is 5.85. The Balaban J connectivity index is 1.59. The zero-order chi connectivity index (χ0) is 18.5. The summed E-state index contributed by atoms with van der Waals surface area (Å²) in [5.74, 6) is 0.380. The van der Waals surface area contributed by atoms with Crippen LogP contribution < -0.4 is 10.1 Å². The fourth-order valence-corrected chi connectivity index (χ4v) is 3.23. The molecule has 4 nitrogen and oxygen atoms in total. The summed E-state index contributed by atoms with van der Waals surface area (Å²) < 4.78 is 5.70. The zero-order valence-electron chi connectivity index (χ0n) is 14.7. The van der Waals surface area contributed by atoms with E-state index in [-0.39, 0.29) is 17.7 Å². The van der Waals surface area contributed by atoms with Crippen LogP contribution in [0.2, 0.25) is 5.02 Å². The molecule has 26 heavy (non-hydrogen) atoms. The second-order valence-corrected chi connectivity index (χ2v) is 7.05. The van der Waals surface area contributed by atoms with Gasteiger partial charge in [-0.25, -0.2) is 0 Å². The third kappa shape index (κ3) is 4.64. The lowest BCUT2D eigenvalue weighted by atomic mass is 10.0. The number of hydrogen-bond acceptors (Lipinski definition) is 3. The number of carbonyl (C=O) groups is 2. The predicted molar refractivity (Wildman–Crippen MR) is 102 cm³/mol. The summed E-state index contributed by atoms with van der Waals surface area (Å²) in [7, 11) is 0. The molecule has 2 aromatic carbocycles. The number of carbonyl (C=O) groups excluding carboxylic acids is 2. The topological polar surface area (TPSA) is 55.4 Å². The van der Waals surface area contributed by atoms with Crippen LogP contribution in [0.4, 0.5) is 0 Å². The zero-order valence-corrected chi connectivity index (χ0v) is 15.5. The van der Waals surface area contributed by atoms with Crippen molar-refractivity contribution in [2.45, 2.75) is 44.8 Å². The third-order valence-corrected chi connectivity index (χ3v) is 4.86. The summed E-state index contributed by atoms with van der Waals surface area (Å²) in [6.07, 6.45) is 3.85. The van der Waals surface area contributed by atoms with Crippen LogP contribution in [0, 0.1) is 0 Å². The lowest BCUT2D eigenvalue weighted by Crippen LogP contribution is -2.41. The van der Waals surface area contributed by atoms with Gasteiger partial charge < -0.3 is 10.1 Å². The van der Waals surface area contributed by atoms with Crippen molar-refractivity contribution in [2.75, 3.05) is 0 Å². The molecule has 0 saturated heterocycles. The molecular weight excluding hydrogens is 350 g/mol. The lowest BCUT2D eigenvalue weighted by Gasteiger charge is -2.18. The molecule has 1 saturated carbocycles. The molecule has 0 unspecified atom stereocenters. The number of ketones is 1. The highest BCUT2D eigenvalue weighted by Gasteiger charge is 2.21. The third-order valence-electron chi connectivity index (χ3n) is 4.61. The van der Waals surface area contributed by atoms with Crippen molar-refractivity contribution in [3.05, 3.63) is 64.7 Å². The second kappa shape index (κ2) is 8.37. The molecule has 1 N–H and O–H groups in total. The minimum Gasteiger partial charge on any atom is -0.481 e. The van der Waals surface area contributed by atoms with Crippen molar-refractivity contribution in [2.24, 2.45) is 0 Å². The van der Waals surface area contributed by atoms with E-state index in [9.17, 15) is 9.59 Å². The molecule has 0 heterocycles. The number of amides is 1. The Labute approximate surface area is 158 Å². The van der Waals surface area contributed by atoms with Crippen LogP contribution in [0.3, 0.4) is 0 Å². The molecule has 1 amide bonds. The highest BCUT2D eigenvalue weighted by atomic mass is 35.5. The number of halogens is 1. The van der Waals surface area contributed by atoms with Gasteiger partial charge in [0.1, 0.15) is 5.75 Å². The van der Waals surface area contributed by atoms with Crippen molar-refractivity contribution in [1.29, 1.82) is 0 Å². The summed E-state index contributed by atoms with van der Waals surface area (Å²) in [5.41, 5.74) is 1.13. The molecule has 5 heteroatoms. The van der Waals surface area contributed by atoms with Gasteiger partial charge in [-0.2, -0.15) is 0 Å². The Kier molecular flexibility index (Phi) is 5.94. The number of hydrogen-bond donors (Lipinski definition) is 1. The normalized spacial score (nSPS) is 15.5. The molecule has 1 aliphatic carbocycles. The molecule has 2 aromatic rings. The molecule has 136 valence electrons. The first-order valence-electron chi connectivity index (χ1n) is 8.90. The van der Waals surface area contributed by atoms with Crippen molar-refractivity contribution < 1.29 is 14.3 Å². The maximum Gasteiger partial charge on any atom is 0.260 e. The predicted octanol–water partition coefficient (Wildman–Crippen LogP) is 4.40.